The fourth-order valence-electron chi connectivity index (χ4n) is 2.47. The molecule has 0 amide bonds. The Morgan fingerprint density at radius 3 is 2.47 bits per heavy atom. The quantitative estimate of drug-likeness (QED) is 0.775. The summed E-state index contributed by atoms with van der Waals surface area (Å²) < 4.78 is 5.30. The number of aryl methyl sites for hydroxylation is 1. The van der Waals surface area contributed by atoms with Gasteiger partial charge in [-0.15, -0.1) is 0 Å². The van der Waals surface area contributed by atoms with E-state index in [4.69, 9.17) is 4.74 Å². The molecule has 4 heteroatoms. The molecule has 0 bridgehead atoms. The zero-order chi connectivity index (χ0) is 13.2. The molecule has 1 aliphatic heterocycles. The SMILES string of the molecule is Cc1nc2ccccc2nc1C(=O)C1CCOCC1. The lowest BCUT2D eigenvalue weighted by atomic mass is 9.92. The number of aromatic nitrogens is 2. The topological polar surface area (TPSA) is 52.1 Å². The lowest BCUT2D eigenvalue weighted by Crippen LogP contribution is -2.25. The summed E-state index contributed by atoms with van der Waals surface area (Å²) in [5.74, 6) is 0.141. The zero-order valence-electron chi connectivity index (χ0n) is 10.9. The highest BCUT2D eigenvalue weighted by molar-refractivity contribution is 5.98. The first kappa shape index (κ1) is 12.2. The van der Waals surface area contributed by atoms with Crippen molar-refractivity contribution >= 4 is 16.8 Å². The van der Waals surface area contributed by atoms with Gasteiger partial charge < -0.3 is 4.74 Å². The largest absolute Gasteiger partial charge is 0.381 e. The highest BCUT2D eigenvalue weighted by Gasteiger charge is 2.25. The molecule has 3 rings (SSSR count). The Morgan fingerprint density at radius 1 is 1.16 bits per heavy atom. The van der Waals surface area contributed by atoms with Gasteiger partial charge in [0.15, 0.2) is 5.78 Å². The highest BCUT2D eigenvalue weighted by Crippen LogP contribution is 2.21. The van der Waals surface area contributed by atoms with E-state index in [1.54, 1.807) is 0 Å². The van der Waals surface area contributed by atoms with Crippen molar-refractivity contribution in [2.75, 3.05) is 13.2 Å². The third kappa shape index (κ3) is 2.36. The summed E-state index contributed by atoms with van der Waals surface area (Å²) in [4.78, 5) is 21.5. The van der Waals surface area contributed by atoms with E-state index in [0.717, 1.165) is 29.6 Å². The van der Waals surface area contributed by atoms with Crippen molar-refractivity contribution in [1.82, 2.24) is 9.97 Å². The molecule has 1 fully saturated rings. The van der Waals surface area contributed by atoms with Crippen LogP contribution in [0, 0.1) is 12.8 Å². The average Bonchev–Trinajstić information content (AvgIpc) is 2.47. The van der Waals surface area contributed by atoms with Crippen LogP contribution >= 0.6 is 0 Å². The van der Waals surface area contributed by atoms with E-state index >= 15 is 0 Å². The van der Waals surface area contributed by atoms with Gasteiger partial charge in [0.25, 0.3) is 0 Å². The van der Waals surface area contributed by atoms with Crippen molar-refractivity contribution in [3.8, 4) is 0 Å². The molecule has 0 radical (unpaired) electrons. The first-order valence-electron chi connectivity index (χ1n) is 6.61. The first-order valence-corrected chi connectivity index (χ1v) is 6.61. The third-order valence-electron chi connectivity index (χ3n) is 3.57. The number of benzene rings is 1. The Bertz CT molecular complexity index is 619. The Hall–Kier alpha value is -1.81. The number of fused-ring (bicyclic) bond motifs is 1. The van der Waals surface area contributed by atoms with E-state index in [1.165, 1.54) is 0 Å². The minimum atomic E-state index is 0.0305. The fourth-order valence-corrected chi connectivity index (χ4v) is 2.47. The van der Waals surface area contributed by atoms with Gasteiger partial charge in [-0.3, -0.25) is 4.79 Å². The minimum Gasteiger partial charge on any atom is -0.381 e. The van der Waals surface area contributed by atoms with Crippen LogP contribution < -0.4 is 0 Å². The number of ether oxygens (including phenoxy) is 1. The molecule has 1 aliphatic rings. The van der Waals surface area contributed by atoms with Gasteiger partial charge in [0.1, 0.15) is 5.69 Å². The number of nitrogens with zero attached hydrogens (tertiary/aromatic N) is 2. The summed E-state index contributed by atoms with van der Waals surface area (Å²) in [7, 11) is 0. The van der Waals surface area contributed by atoms with Crippen LogP contribution in [0.1, 0.15) is 29.0 Å². The molecular formula is C15H16N2O2. The maximum atomic E-state index is 12.5. The molecule has 0 aliphatic carbocycles. The van der Waals surface area contributed by atoms with Crippen molar-refractivity contribution in [2.45, 2.75) is 19.8 Å². The Kier molecular flexibility index (Phi) is 3.25. The Labute approximate surface area is 111 Å². The molecule has 0 spiro atoms. The second-order valence-corrected chi connectivity index (χ2v) is 4.90. The average molecular weight is 256 g/mol. The number of hydrogen-bond acceptors (Lipinski definition) is 4. The lowest BCUT2D eigenvalue weighted by molar-refractivity contribution is 0.0541. The number of rotatable bonds is 2. The van der Waals surface area contributed by atoms with Gasteiger partial charge in [0.05, 0.1) is 16.7 Å². The smallest absolute Gasteiger partial charge is 0.186 e. The van der Waals surface area contributed by atoms with E-state index in [1.807, 2.05) is 31.2 Å². The van der Waals surface area contributed by atoms with Crippen molar-refractivity contribution in [1.29, 1.82) is 0 Å². The molecule has 1 aromatic heterocycles. The molecule has 0 atom stereocenters. The van der Waals surface area contributed by atoms with Crippen LogP contribution in [-0.2, 0) is 4.74 Å². The fraction of sp³-hybridized carbons (Fsp3) is 0.400. The van der Waals surface area contributed by atoms with E-state index < -0.39 is 0 Å². The van der Waals surface area contributed by atoms with Gasteiger partial charge in [0, 0.05) is 19.1 Å². The standard InChI is InChI=1S/C15H16N2O2/c1-10-14(15(18)11-6-8-19-9-7-11)17-13-5-3-2-4-12(13)16-10/h2-5,11H,6-9H2,1H3. The van der Waals surface area contributed by atoms with Crippen LogP contribution in [0.15, 0.2) is 24.3 Å². The van der Waals surface area contributed by atoms with E-state index in [-0.39, 0.29) is 11.7 Å². The van der Waals surface area contributed by atoms with E-state index in [0.29, 0.717) is 18.9 Å². The minimum absolute atomic E-state index is 0.0305. The molecule has 1 aromatic carbocycles. The van der Waals surface area contributed by atoms with Gasteiger partial charge >= 0.3 is 0 Å². The molecule has 4 nitrogen and oxygen atoms in total. The molecule has 2 heterocycles. The third-order valence-corrected chi connectivity index (χ3v) is 3.57. The summed E-state index contributed by atoms with van der Waals surface area (Å²) in [6.07, 6.45) is 1.57. The van der Waals surface area contributed by atoms with Crippen molar-refractivity contribution in [3.05, 3.63) is 35.7 Å². The molecule has 1 saturated heterocycles. The first-order chi connectivity index (χ1) is 9.25. The maximum absolute atomic E-state index is 12.5. The van der Waals surface area contributed by atoms with E-state index in [9.17, 15) is 4.79 Å². The van der Waals surface area contributed by atoms with E-state index in [2.05, 4.69) is 9.97 Å². The van der Waals surface area contributed by atoms with Gasteiger partial charge in [0.2, 0.25) is 0 Å². The van der Waals surface area contributed by atoms with Crippen LogP contribution in [0.3, 0.4) is 0 Å². The van der Waals surface area contributed by atoms with Crippen molar-refractivity contribution in [3.63, 3.8) is 0 Å². The van der Waals surface area contributed by atoms with Gasteiger partial charge in [-0.05, 0) is 31.9 Å². The Balaban J connectivity index is 1.99. The number of para-hydroxylation sites is 2. The molecule has 0 N–H and O–H groups in total. The molecule has 98 valence electrons. The van der Waals surface area contributed by atoms with Gasteiger partial charge in [-0.1, -0.05) is 12.1 Å². The summed E-state index contributed by atoms with van der Waals surface area (Å²) in [6.45, 7) is 3.18. The van der Waals surface area contributed by atoms with Gasteiger partial charge in [-0.2, -0.15) is 0 Å². The number of hydrogen-bond donors (Lipinski definition) is 0. The maximum Gasteiger partial charge on any atom is 0.186 e. The number of Topliss-reactive ketones (excluding diaryl/α,β-unsaturated/α-hetero) is 1. The van der Waals surface area contributed by atoms with Crippen LogP contribution in [0.4, 0.5) is 0 Å². The normalized spacial score (nSPS) is 16.7. The summed E-state index contributed by atoms with van der Waals surface area (Å²) in [5.41, 5.74) is 2.85. The summed E-state index contributed by atoms with van der Waals surface area (Å²) in [6, 6.07) is 7.64. The van der Waals surface area contributed by atoms with Crippen LogP contribution in [0.25, 0.3) is 11.0 Å². The Morgan fingerprint density at radius 2 is 1.79 bits per heavy atom. The number of carbonyl (C=O) groups excluding carboxylic acids is 1. The van der Waals surface area contributed by atoms with Crippen LogP contribution in [-0.4, -0.2) is 29.0 Å². The summed E-state index contributed by atoms with van der Waals surface area (Å²) in [5, 5.41) is 0. The molecule has 19 heavy (non-hydrogen) atoms. The second-order valence-electron chi connectivity index (χ2n) is 4.90. The number of carbonyl (C=O) groups is 1. The highest BCUT2D eigenvalue weighted by atomic mass is 16.5. The van der Waals surface area contributed by atoms with Crippen LogP contribution in [0.5, 0.6) is 0 Å². The van der Waals surface area contributed by atoms with Crippen molar-refractivity contribution < 1.29 is 9.53 Å². The molecule has 0 saturated carbocycles. The van der Waals surface area contributed by atoms with Crippen LogP contribution in [0.2, 0.25) is 0 Å². The number of ketones is 1. The zero-order valence-corrected chi connectivity index (χ0v) is 10.9. The van der Waals surface area contributed by atoms with Gasteiger partial charge in [-0.25, -0.2) is 9.97 Å². The summed E-state index contributed by atoms with van der Waals surface area (Å²) >= 11 is 0. The predicted molar refractivity (Wildman–Crippen MR) is 72.1 cm³/mol. The van der Waals surface area contributed by atoms with Crippen molar-refractivity contribution in [2.24, 2.45) is 5.92 Å². The molecular weight excluding hydrogens is 240 g/mol. The lowest BCUT2D eigenvalue weighted by Gasteiger charge is -2.20. The molecule has 2 aromatic rings. The predicted octanol–water partition coefficient (Wildman–Crippen LogP) is 2.55. The monoisotopic (exact) mass is 256 g/mol. The molecule has 0 unspecified atom stereocenters. The second kappa shape index (κ2) is 5.05.